The van der Waals surface area contributed by atoms with Gasteiger partial charge in [0.2, 0.25) is 0 Å². The number of aliphatic carboxylic acids is 1. The minimum absolute atomic E-state index is 0.0506. The van der Waals surface area contributed by atoms with E-state index in [0.29, 0.717) is 5.56 Å². The number of hydrogen-bond acceptors (Lipinski definition) is 2. The van der Waals surface area contributed by atoms with Crippen LogP contribution >= 0.6 is 0 Å². The van der Waals surface area contributed by atoms with E-state index in [1.165, 1.54) is 18.2 Å². The van der Waals surface area contributed by atoms with Gasteiger partial charge in [0, 0.05) is 0 Å². The maximum absolute atomic E-state index is 12.9. The SMILES string of the molecule is Nc1c(F)cccc1C#CCC(=O)O. The van der Waals surface area contributed by atoms with Gasteiger partial charge in [0.25, 0.3) is 0 Å². The number of rotatable bonds is 1. The molecule has 3 nitrogen and oxygen atoms in total. The van der Waals surface area contributed by atoms with Crippen LogP contribution in [0, 0.1) is 17.7 Å². The minimum atomic E-state index is -1.02. The van der Waals surface area contributed by atoms with E-state index in [0.717, 1.165) is 0 Å². The molecule has 0 atom stereocenters. The molecule has 0 bridgehead atoms. The van der Waals surface area contributed by atoms with Gasteiger partial charge in [0.1, 0.15) is 12.2 Å². The van der Waals surface area contributed by atoms with Crippen LogP contribution in [0.1, 0.15) is 12.0 Å². The zero-order valence-corrected chi connectivity index (χ0v) is 7.25. The van der Waals surface area contributed by atoms with Crippen LogP contribution in [0.2, 0.25) is 0 Å². The predicted octanol–water partition coefficient (Wildman–Crippen LogP) is 1.23. The fraction of sp³-hybridized carbons (Fsp3) is 0.100. The van der Waals surface area contributed by atoms with E-state index >= 15 is 0 Å². The lowest BCUT2D eigenvalue weighted by Crippen LogP contribution is -1.94. The second kappa shape index (κ2) is 4.28. The topological polar surface area (TPSA) is 63.3 Å². The molecule has 0 aliphatic carbocycles. The summed E-state index contributed by atoms with van der Waals surface area (Å²) in [6, 6.07) is 4.22. The highest BCUT2D eigenvalue weighted by Crippen LogP contribution is 2.13. The molecule has 0 aliphatic heterocycles. The summed E-state index contributed by atoms with van der Waals surface area (Å²) in [6.07, 6.45) is -0.282. The van der Waals surface area contributed by atoms with Gasteiger partial charge >= 0.3 is 5.97 Å². The number of anilines is 1. The van der Waals surface area contributed by atoms with Crippen molar-refractivity contribution in [2.24, 2.45) is 0 Å². The fourth-order valence-electron chi connectivity index (χ4n) is 0.861. The minimum Gasteiger partial charge on any atom is -0.481 e. The highest BCUT2D eigenvalue weighted by Gasteiger charge is 2.00. The lowest BCUT2D eigenvalue weighted by Gasteiger charge is -1.97. The second-order valence-electron chi connectivity index (χ2n) is 2.57. The van der Waals surface area contributed by atoms with Gasteiger partial charge in [-0.15, -0.1) is 0 Å². The van der Waals surface area contributed by atoms with Crippen LogP contribution in [0.4, 0.5) is 10.1 Å². The molecule has 0 aliphatic rings. The van der Waals surface area contributed by atoms with Crippen LogP contribution in [0.5, 0.6) is 0 Å². The maximum atomic E-state index is 12.9. The van der Waals surface area contributed by atoms with Gasteiger partial charge < -0.3 is 10.8 Å². The normalized spacial score (nSPS) is 8.93. The summed E-state index contributed by atoms with van der Waals surface area (Å²) in [7, 11) is 0. The third-order valence-electron chi connectivity index (χ3n) is 1.52. The Kier molecular flexibility index (Phi) is 3.08. The number of hydrogen-bond donors (Lipinski definition) is 2. The van der Waals surface area contributed by atoms with Gasteiger partial charge in [-0.3, -0.25) is 4.79 Å². The molecule has 0 spiro atoms. The monoisotopic (exact) mass is 193 g/mol. The zero-order chi connectivity index (χ0) is 10.6. The molecule has 1 rings (SSSR count). The molecular formula is C10H8FNO2. The molecule has 0 heterocycles. The summed E-state index contributed by atoms with van der Waals surface area (Å²) in [6.45, 7) is 0. The molecule has 4 heteroatoms. The first-order valence-corrected chi connectivity index (χ1v) is 3.86. The van der Waals surface area contributed by atoms with E-state index in [4.69, 9.17) is 10.8 Å². The first-order chi connectivity index (χ1) is 6.61. The number of carboxylic acid groups (broad SMARTS) is 1. The third kappa shape index (κ3) is 2.49. The average molecular weight is 193 g/mol. The van der Waals surface area contributed by atoms with E-state index < -0.39 is 11.8 Å². The Labute approximate surface area is 80.4 Å². The summed E-state index contributed by atoms with van der Waals surface area (Å²) in [5.74, 6) is 3.29. The molecule has 1 aromatic rings. The first kappa shape index (κ1) is 10.1. The van der Waals surface area contributed by atoms with Crippen molar-refractivity contribution >= 4 is 11.7 Å². The van der Waals surface area contributed by atoms with Gasteiger partial charge in [-0.05, 0) is 12.1 Å². The summed E-state index contributed by atoms with van der Waals surface area (Å²) < 4.78 is 12.9. The van der Waals surface area contributed by atoms with Gasteiger partial charge in [0.05, 0.1) is 11.3 Å². The van der Waals surface area contributed by atoms with Crippen molar-refractivity contribution in [2.45, 2.75) is 6.42 Å². The van der Waals surface area contributed by atoms with Crippen molar-refractivity contribution < 1.29 is 14.3 Å². The van der Waals surface area contributed by atoms with E-state index in [9.17, 15) is 9.18 Å². The lowest BCUT2D eigenvalue weighted by molar-refractivity contribution is -0.135. The van der Waals surface area contributed by atoms with Crippen molar-refractivity contribution in [2.75, 3.05) is 5.73 Å². The molecule has 0 saturated carbocycles. The molecule has 0 amide bonds. The van der Waals surface area contributed by atoms with Crippen molar-refractivity contribution in [3.63, 3.8) is 0 Å². The molecule has 3 N–H and O–H groups in total. The van der Waals surface area contributed by atoms with Gasteiger partial charge in [-0.2, -0.15) is 0 Å². The molecular weight excluding hydrogens is 185 g/mol. The molecule has 1 aromatic carbocycles. The van der Waals surface area contributed by atoms with Crippen molar-refractivity contribution in [3.05, 3.63) is 29.6 Å². The van der Waals surface area contributed by atoms with E-state index in [-0.39, 0.29) is 12.1 Å². The van der Waals surface area contributed by atoms with Gasteiger partial charge in [-0.25, -0.2) is 4.39 Å². The average Bonchev–Trinajstić information content (AvgIpc) is 2.12. The predicted molar refractivity (Wildman–Crippen MR) is 49.9 cm³/mol. The fourth-order valence-corrected chi connectivity index (χ4v) is 0.861. The van der Waals surface area contributed by atoms with Crippen molar-refractivity contribution in [3.8, 4) is 11.8 Å². The Morgan fingerprint density at radius 3 is 2.93 bits per heavy atom. The number of benzene rings is 1. The Hall–Kier alpha value is -2.02. The quantitative estimate of drug-likeness (QED) is 0.521. The first-order valence-electron chi connectivity index (χ1n) is 3.86. The molecule has 14 heavy (non-hydrogen) atoms. The Morgan fingerprint density at radius 1 is 1.57 bits per heavy atom. The molecule has 0 aromatic heterocycles. The largest absolute Gasteiger partial charge is 0.481 e. The summed E-state index contributed by atoms with van der Waals surface area (Å²) in [5, 5.41) is 8.31. The summed E-state index contributed by atoms with van der Waals surface area (Å²) in [4.78, 5) is 10.1. The maximum Gasteiger partial charge on any atom is 0.315 e. The molecule has 0 unspecified atom stereocenters. The van der Waals surface area contributed by atoms with Crippen LogP contribution in [0.25, 0.3) is 0 Å². The molecule has 0 fully saturated rings. The van der Waals surface area contributed by atoms with Crippen LogP contribution in [-0.2, 0) is 4.79 Å². The van der Waals surface area contributed by atoms with Gasteiger partial charge in [0.15, 0.2) is 0 Å². The zero-order valence-electron chi connectivity index (χ0n) is 7.25. The highest BCUT2D eigenvalue weighted by atomic mass is 19.1. The number of para-hydroxylation sites is 1. The molecule has 0 saturated heterocycles. The number of halogens is 1. The van der Waals surface area contributed by atoms with Crippen LogP contribution < -0.4 is 5.73 Å². The highest BCUT2D eigenvalue weighted by molar-refractivity contribution is 5.70. The van der Waals surface area contributed by atoms with Crippen molar-refractivity contribution in [1.82, 2.24) is 0 Å². The van der Waals surface area contributed by atoms with Crippen LogP contribution in [0.3, 0.4) is 0 Å². The van der Waals surface area contributed by atoms with E-state index in [1.807, 2.05) is 0 Å². The number of nitrogen functional groups attached to an aromatic ring is 1. The molecule has 72 valence electrons. The van der Waals surface area contributed by atoms with E-state index in [2.05, 4.69) is 11.8 Å². The van der Waals surface area contributed by atoms with Crippen LogP contribution in [-0.4, -0.2) is 11.1 Å². The number of carbonyl (C=O) groups is 1. The molecule has 0 radical (unpaired) electrons. The van der Waals surface area contributed by atoms with Gasteiger partial charge in [-0.1, -0.05) is 17.9 Å². The lowest BCUT2D eigenvalue weighted by atomic mass is 10.2. The number of nitrogens with two attached hydrogens (primary N) is 1. The Balaban J connectivity index is 2.90. The summed E-state index contributed by atoms with van der Waals surface area (Å²) in [5.41, 5.74) is 5.64. The Morgan fingerprint density at radius 2 is 2.29 bits per heavy atom. The second-order valence-corrected chi connectivity index (χ2v) is 2.57. The number of carboxylic acids is 1. The van der Waals surface area contributed by atoms with Crippen molar-refractivity contribution in [1.29, 1.82) is 0 Å². The third-order valence-corrected chi connectivity index (χ3v) is 1.52. The standard InChI is InChI=1S/C10H8FNO2/c11-8-5-1-3-7(10(8)12)4-2-6-9(13)14/h1,3,5H,6,12H2,(H,13,14). The smallest absolute Gasteiger partial charge is 0.315 e. The summed E-state index contributed by atoms with van der Waals surface area (Å²) >= 11 is 0. The van der Waals surface area contributed by atoms with E-state index in [1.54, 1.807) is 0 Å². The van der Waals surface area contributed by atoms with Crippen LogP contribution in [0.15, 0.2) is 18.2 Å². The Bertz CT molecular complexity index is 418.